The predicted octanol–water partition coefficient (Wildman–Crippen LogP) is 4.04. The lowest BCUT2D eigenvalue weighted by Crippen LogP contribution is -2.28. The van der Waals surface area contributed by atoms with Gasteiger partial charge < -0.3 is 10.2 Å². The predicted molar refractivity (Wildman–Crippen MR) is 119 cm³/mol. The van der Waals surface area contributed by atoms with Crippen LogP contribution < -0.4 is 10.2 Å². The van der Waals surface area contributed by atoms with Gasteiger partial charge in [0, 0.05) is 53.5 Å². The van der Waals surface area contributed by atoms with Gasteiger partial charge in [0.25, 0.3) is 0 Å². The number of benzene rings is 2. The molecule has 2 amide bonds. The van der Waals surface area contributed by atoms with Crippen molar-refractivity contribution in [2.24, 2.45) is 5.92 Å². The quantitative estimate of drug-likeness (QED) is 0.528. The number of carbonyl (C=O) groups is 2. The summed E-state index contributed by atoms with van der Waals surface area (Å²) in [6.07, 6.45) is 5.64. The van der Waals surface area contributed by atoms with Gasteiger partial charge in [0.1, 0.15) is 0 Å². The Hall–Kier alpha value is -3.71. The number of nitrogens with zero attached hydrogens (tertiary/aromatic N) is 4. The summed E-state index contributed by atoms with van der Waals surface area (Å²) in [6, 6.07) is 16.4. The lowest BCUT2D eigenvalue weighted by atomic mass is 10.1. The number of hydrogen-bond donors (Lipinski definition) is 1. The molecule has 0 saturated carbocycles. The van der Waals surface area contributed by atoms with E-state index < -0.39 is 5.92 Å². The Kier molecular flexibility index (Phi) is 4.88. The number of carbonyl (C=O) groups excluding carboxylic acids is 2. The Balaban J connectivity index is 1.31. The number of anilines is 2. The molecule has 4 aromatic rings. The van der Waals surface area contributed by atoms with E-state index in [1.54, 1.807) is 35.4 Å². The second-order valence-electron chi connectivity index (χ2n) is 7.40. The zero-order valence-electron chi connectivity index (χ0n) is 16.4. The SMILES string of the molecule is O=C(Nc1cccc(-c2cn3cccnc3n2)c1)[C@H]1CC(=O)N(c2ccc(Cl)cc2)C1. The molecule has 0 radical (unpaired) electrons. The highest BCUT2D eigenvalue weighted by Crippen LogP contribution is 2.28. The van der Waals surface area contributed by atoms with Crippen molar-refractivity contribution >= 4 is 40.6 Å². The minimum atomic E-state index is -0.425. The third-order valence-electron chi connectivity index (χ3n) is 5.30. The summed E-state index contributed by atoms with van der Waals surface area (Å²) in [7, 11) is 0. The van der Waals surface area contributed by atoms with Crippen LogP contribution in [0.3, 0.4) is 0 Å². The summed E-state index contributed by atoms with van der Waals surface area (Å²) < 4.78 is 1.84. The molecule has 7 nitrogen and oxygen atoms in total. The van der Waals surface area contributed by atoms with Gasteiger partial charge in [0.2, 0.25) is 17.6 Å². The number of amides is 2. The molecule has 1 atom stereocenters. The molecule has 1 aliphatic heterocycles. The van der Waals surface area contributed by atoms with Crippen molar-refractivity contribution < 1.29 is 9.59 Å². The molecule has 31 heavy (non-hydrogen) atoms. The number of fused-ring (bicyclic) bond motifs is 1. The van der Waals surface area contributed by atoms with Crippen LogP contribution in [0.4, 0.5) is 11.4 Å². The van der Waals surface area contributed by atoms with Crippen LogP contribution in [0.5, 0.6) is 0 Å². The summed E-state index contributed by atoms with van der Waals surface area (Å²) >= 11 is 5.93. The Morgan fingerprint density at radius 3 is 2.77 bits per heavy atom. The molecular weight excluding hydrogens is 414 g/mol. The second-order valence-corrected chi connectivity index (χ2v) is 7.84. The van der Waals surface area contributed by atoms with E-state index in [2.05, 4.69) is 15.3 Å². The zero-order valence-corrected chi connectivity index (χ0v) is 17.2. The first-order chi connectivity index (χ1) is 15.1. The number of hydrogen-bond acceptors (Lipinski definition) is 4. The summed E-state index contributed by atoms with van der Waals surface area (Å²) in [4.78, 5) is 35.7. The molecule has 2 aromatic carbocycles. The van der Waals surface area contributed by atoms with Crippen LogP contribution in [0, 0.1) is 5.92 Å². The third kappa shape index (κ3) is 3.87. The maximum absolute atomic E-state index is 12.8. The largest absolute Gasteiger partial charge is 0.326 e. The fourth-order valence-electron chi connectivity index (χ4n) is 3.72. The van der Waals surface area contributed by atoms with Crippen LogP contribution in [0.25, 0.3) is 17.0 Å². The van der Waals surface area contributed by atoms with Gasteiger partial charge in [-0.05, 0) is 42.5 Å². The first kappa shape index (κ1) is 19.3. The van der Waals surface area contributed by atoms with Crippen molar-refractivity contribution in [1.82, 2.24) is 14.4 Å². The molecule has 0 unspecified atom stereocenters. The van der Waals surface area contributed by atoms with Crippen LogP contribution >= 0.6 is 11.6 Å². The van der Waals surface area contributed by atoms with E-state index in [0.717, 1.165) is 16.9 Å². The molecular formula is C23H18ClN5O2. The second kappa shape index (κ2) is 7.85. The average molecular weight is 432 g/mol. The van der Waals surface area contributed by atoms with Crippen molar-refractivity contribution in [2.45, 2.75) is 6.42 Å². The molecule has 1 aliphatic rings. The smallest absolute Gasteiger partial charge is 0.234 e. The minimum absolute atomic E-state index is 0.0755. The Labute approximate surface area is 183 Å². The van der Waals surface area contributed by atoms with Crippen LogP contribution in [-0.2, 0) is 9.59 Å². The van der Waals surface area contributed by atoms with Gasteiger partial charge in [-0.2, -0.15) is 0 Å². The van der Waals surface area contributed by atoms with E-state index in [9.17, 15) is 9.59 Å². The molecule has 154 valence electrons. The van der Waals surface area contributed by atoms with Crippen LogP contribution in [0.15, 0.2) is 73.2 Å². The van der Waals surface area contributed by atoms with Crippen LogP contribution in [0.2, 0.25) is 5.02 Å². The molecule has 0 aliphatic carbocycles. The highest BCUT2D eigenvalue weighted by molar-refractivity contribution is 6.30. The third-order valence-corrected chi connectivity index (χ3v) is 5.55. The Bertz CT molecular complexity index is 1250. The standard InChI is InChI=1S/C23H18ClN5O2/c24-17-5-7-19(8-6-17)29-13-16(12-21(29)30)22(31)26-18-4-1-3-15(11-18)20-14-28-10-2-9-25-23(28)27-20/h1-11,14,16H,12-13H2,(H,26,31)/t16-/m0/s1. The van der Waals surface area contributed by atoms with Gasteiger partial charge >= 0.3 is 0 Å². The summed E-state index contributed by atoms with van der Waals surface area (Å²) in [5.74, 6) is -0.0722. The van der Waals surface area contributed by atoms with E-state index in [4.69, 9.17) is 11.6 Å². The fraction of sp³-hybridized carbons (Fsp3) is 0.130. The molecule has 2 aromatic heterocycles. The monoisotopic (exact) mass is 431 g/mol. The van der Waals surface area contributed by atoms with E-state index in [1.165, 1.54) is 0 Å². The number of aromatic nitrogens is 3. The normalized spacial score (nSPS) is 16.1. The summed E-state index contributed by atoms with van der Waals surface area (Å²) in [6.45, 7) is 0.337. The maximum atomic E-state index is 12.8. The molecule has 1 fully saturated rings. The topological polar surface area (TPSA) is 79.6 Å². The molecule has 3 heterocycles. The molecule has 1 saturated heterocycles. The summed E-state index contributed by atoms with van der Waals surface area (Å²) in [5, 5.41) is 3.54. The van der Waals surface area contributed by atoms with E-state index in [0.29, 0.717) is 23.0 Å². The van der Waals surface area contributed by atoms with Crippen LogP contribution in [-0.4, -0.2) is 32.7 Å². The van der Waals surface area contributed by atoms with Gasteiger partial charge in [0.15, 0.2) is 0 Å². The lowest BCUT2D eigenvalue weighted by Gasteiger charge is -2.17. The number of imidazole rings is 1. The van der Waals surface area contributed by atoms with Crippen molar-refractivity contribution in [1.29, 1.82) is 0 Å². The van der Waals surface area contributed by atoms with E-state index >= 15 is 0 Å². The van der Waals surface area contributed by atoms with Crippen molar-refractivity contribution in [2.75, 3.05) is 16.8 Å². The van der Waals surface area contributed by atoms with Gasteiger partial charge in [-0.3, -0.25) is 14.0 Å². The first-order valence-corrected chi connectivity index (χ1v) is 10.2. The molecule has 0 spiro atoms. The Morgan fingerprint density at radius 2 is 1.97 bits per heavy atom. The lowest BCUT2D eigenvalue weighted by molar-refractivity contribution is -0.122. The number of nitrogens with one attached hydrogen (secondary N) is 1. The minimum Gasteiger partial charge on any atom is -0.326 e. The maximum Gasteiger partial charge on any atom is 0.234 e. The summed E-state index contributed by atoms with van der Waals surface area (Å²) in [5.41, 5.74) is 3.03. The van der Waals surface area contributed by atoms with Crippen LogP contribution in [0.1, 0.15) is 6.42 Å². The van der Waals surface area contributed by atoms with E-state index in [1.807, 2.05) is 47.1 Å². The molecule has 0 bridgehead atoms. The zero-order chi connectivity index (χ0) is 21.4. The van der Waals surface area contributed by atoms with Gasteiger partial charge in [-0.25, -0.2) is 9.97 Å². The van der Waals surface area contributed by atoms with Crippen molar-refractivity contribution in [3.63, 3.8) is 0 Å². The number of rotatable bonds is 4. The Morgan fingerprint density at radius 1 is 1.13 bits per heavy atom. The number of halogens is 1. The molecule has 5 rings (SSSR count). The van der Waals surface area contributed by atoms with Crippen molar-refractivity contribution in [3.8, 4) is 11.3 Å². The van der Waals surface area contributed by atoms with Crippen molar-refractivity contribution in [3.05, 3.63) is 78.2 Å². The molecule has 1 N–H and O–H groups in total. The fourth-order valence-corrected chi connectivity index (χ4v) is 3.85. The van der Waals surface area contributed by atoms with E-state index in [-0.39, 0.29) is 18.2 Å². The molecule has 8 heteroatoms. The highest BCUT2D eigenvalue weighted by atomic mass is 35.5. The first-order valence-electron chi connectivity index (χ1n) is 9.84. The average Bonchev–Trinajstić information content (AvgIpc) is 3.38. The highest BCUT2D eigenvalue weighted by Gasteiger charge is 2.35. The van der Waals surface area contributed by atoms with Gasteiger partial charge in [0.05, 0.1) is 11.6 Å². The van der Waals surface area contributed by atoms with Gasteiger partial charge in [-0.1, -0.05) is 23.7 Å². The van der Waals surface area contributed by atoms with Gasteiger partial charge in [-0.15, -0.1) is 0 Å².